The van der Waals surface area contributed by atoms with Gasteiger partial charge in [0.05, 0.1) is 33.3 Å². The van der Waals surface area contributed by atoms with Gasteiger partial charge in [-0.25, -0.2) is 0 Å². The summed E-state index contributed by atoms with van der Waals surface area (Å²) in [5.41, 5.74) is 0.672. The predicted molar refractivity (Wildman–Crippen MR) is 72.2 cm³/mol. The number of likely N-dealkylation sites (N-methyl/N-ethyl adjacent to an activating group) is 1. The van der Waals surface area contributed by atoms with Crippen LogP contribution in [0.1, 0.15) is 24.2 Å². The normalized spacial score (nSPS) is 10.4. The molecule has 0 saturated heterocycles. The number of methoxy groups -OCH3 is 1. The topological polar surface area (TPSA) is 42.8 Å². The number of benzene rings is 1. The third-order valence-electron chi connectivity index (χ3n) is 3.12. The summed E-state index contributed by atoms with van der Waals surface area (Å²) in [7, 11) is 1.61. The van der Waals surface area contributed by atoms with Crippen molar-refractivity contribution in [3.63, 3.8) is 0 Å². The molecule has 0 radical (unpaired) electrons. The molecule has 0 bridgehead atoms. The number of hydrogen-bond donors (Lipinski definition) is 2. The first kappa shape index (κ1) is 14.5. The number of carbonyl (C=O) groups is 1. The smallest absolute Gasteiger partial charge is 0.251 e. The molecule has 0 aliphatic rings. The molecular weight excluding hydrogens is 228 g/mol. The zero-order valence-corrected chi connectivity index (χ0v) is 11.5. The largest absolute Gasteiger partial charge is 0.497 e. The molecule has 0 atom stereocenters. The van der Waals surface area contributed by atoms with Crippen molar-refractivity contribution >= 4 is 5.91 Å². The van der Waals surface area contributed by atoms with Gasteiger partial charge in [0, 0.05) is 5.56 Å². The van der Waals surface area contributed by atoms with Crippen LogP contribution < -0.4 is 15.0 Å². The van der Waals surface area contributed by atoms with E-state index in [2.05, 4.69) is 19.2 Å². The molecular formula is C14H23N2O2+. The number of amides is 1. The summed E-state index contributed by atoms with van der Waals surface area (Å²) in [6.45, 7) is 8.18. The Labute approximate surface area is 109 Å². The second-order valence-electron chi connectivity index (χ2n) is 4.19. The van der Waals surface area contributed by atoms with Crippen molar-refractivity contribution in [2.75, 3.05) is 33.3 Å². The Morgan fingerprint density at radius 2 is 1.83 bits per heavy atom. The van der Waals surface area contributed by atoms with Gasteiger partial charge in [-0.15, -0.1) is 0 Å². The van der Waals surface area contributed by atoms with E-state index in [1.165, 1.54) is 4.90 Å². The van der Waals surface area contributed by atoms with Gasteiger partial charge in [0.1, 0.15) is 5.75 Å². The zero-order chi connectivity index (χ0) is 13.4. The number of quaternary nitrogens is 1. The lowest BCUT2D eigenvalue weighted by atomic mass is 10.2. The Balaban J connectivity index is 2.40. The standard InChI is InChI=1S/C14H22N2O2/c1-4-16(5-2)11-10-15-14(17)12-6-8-13(18-3)9-7-12/h6-9H,4-5,10-11H2,1-3H3,(H,15,17)/p+1. The minimum absolute atomic E-state index is 0.0239. The van der Waals surface area contributed by atoms with Crippen molar-refractivity contribution in [3.8, 4) is 5.75 Å². The first-order valence-corrected chi connectivity index (χ1v) is 6.47. The lowest BCUT2D eigenvalue weighted by Gasteiger charge is -2.15. The monoisotopic (exact) mass is 251 g/mol. The maximum atomic E-state index is 11.8. The minimum atomic E-state index is -0.0239. The summed E-state index contributed by atoms with van der Waals surface area (Å²) in [5, 5.41) is 2.93. The number of hydrogen-bond acceptors (Lipinski definition) is 2. The van der Waals surface area contributed by atoms with Crippen LogP contribution in [0.4, 0.5) is 0 Å². The molecule has 0 spiro atoms. The summed E-state index contributed by atoms with van der Waals surface area (Å²) in [5.74, 6) is 0.739. The van der Waals surface area contributed by atoms with Crippen LogP contribution in [0.5, 0.6) is 5.75 Å². The Kier molecular flexibility index (Phi) is 6.22. The molecule has 0 unspecified atom stereocenters. The van der Waals surface area contributed by atoms with E-state index in [0.717, 1.165) is 25.4 Å². The molecule has 100 valence electrons. The van der Waals surface area contributed by atoms with Crippen molar-refractivity contribution in [3.05, 3.63) is 29.8 Å². The Morgan fingerprint density at radius 3 is 2.33 bits per heavy atom. The quantitative estimate of drug-likeness (QED) is 0.734. The molecule has 1 aromatic carbocycles. The van der Waals surface area contributed by atoms with Gasteiger partial charge in [0.15, 0.2) is 0 Å². The Morgan fingerprint density at radius 1 is 1.22 bits per heavy atom. The van der Waals surface area contributed by atoms with Gasteiger partial charge >= 0.3 is 0 Å². The van der Waals surface area contributed by atoms with E-state index >= 15 is 0 Å². The van der Waals surface area contributed by atoms with Crippen LogP contribution >= 0.6 is 0 Å². The molecule has 2 N–H and O–H groups in total. The van der Waals surface area contributed by atoms with E-state index in [9.17, 15) is 4.79 Å². The van der Waals surface area contributed by atoms with Crippen molar-refractivity contribution in [1.82, 2.24) is 5.32 Å². The third kappa shape index (κ3) is 4.37. The molecule has 4 nitrogen and oxygen atoms in total. The molecule has 1 rings (SSSR count). The molecule has 1 aromatic rings. The van der Waals surface area contributed by atoms with Crippen molar-refractivity contribution in [2.45, 2.75) is 13.8 Å². The lowest BCUT2D eigenvalue weighted by Crippen LogP contribution is -3.12. The second-order valence-corrected chi connectivity index (χ2v) is 4.19. The highest BCUT2D eigenvalue weighted by Gasteiger charge is 2.07. The Bertz CT molecular complexity index is 359. The zero-order valence-electron chi connectivity index (χ0n) is 11.5. The fourth-order valence-electron chi connectivity index (χ4n) is 1.80. The van der Waals surface area contributed by atoms with Gasteiger partial charge in [0.2, 0.25) is 0 Å². The Hall–Kier alpha value is -1.55. The molecule has 0 saturated carbocycles. The highest BCUT2D eigenvalue weighted by atomic mass is 16.5. The van der Waals surface area contributed by atoms with Crippen LogP contribution in [0.15, 0.2) is 24.3 Å². The fraction of sp³-hybridized carbons (Fsp3) is 0.500. The van der Waals surface area contributed by atoms with E-state index in [-0.39, 0.29) is 5.91 Å². The summed E-state index contributed by atoms with van der Waals surface area (Å²) in [6.07, 6.45) is 0. The lowest BCUT2D eigenvalue weighted by molar-refractivity contribution is -0.895. The van der Waals surface area contributed by atoms with Gasteiger partial charge in [0.25, 0.3) is 5.91 Å². The third-order valence-corrected chi connectivity index (χ3v) is 3.12. The van der Waals surface area contributed by atoms with Crippen LogP contribution in [0.25, 0.3) is 0 Å². The van der Waals surface area contributed by atoms with Crippen LogP contribution in [0, 0.1) is 0 Å². The molecule has 0 aromatic heterocycles. The summed E-state index contributed by atoms with van der Waals surface area (Å²) in [4.78, 5) is 13.3. The molecule has 18 heavy (non-hydrogen) atoms. The van der Waals surface area contributed by atoms with Gasteiger partial charge in [-0.3, -0.25) is 4.79 Å². The highest BCUT2D eigenvalue weighted by molar-refractivity contribution is 5.94. The first-order chi connectivity index (χ1) is 8.71. The van der Waals surface area contributed by atoms with Crippen LogP contribution in [-0.4, -0.2) is 39.2 Å². The molecule has 0 aliphatic heterocycles. The summed E-state index contributed by atoms with van der Waals surface area (Å²) >= 11 is 0. The maximum absolute atomic E-state index is 11.8. The number of nitrogens with one attached hydrogen (secondary N) is 2. The van der Waals surface area contributed by atoms with Gasteiger partial charge in [-0.05, 0) is 38.1 Å². The minimum Gasteiger partial charge on any atom is -0.497 e. The molecule has 4 heteroatoms. The summed E-state index contributed by atoms with van der Waals surface area (Å²) < 4.78 is 5.06. The second kappa shape index (κ2) is 7.71. The van der Waals surface area contributed by atoms with Crippen molar-refractivity contribution < 1.29 is 14.4 Å². The van der Waals surface area contributed by atoms with Crippen molar-refractivity contribution in [1.29, 1.82) is 0 Å². The fourth-order valence-corrected chi connectivity index (χ4v) is 1.80. The predicted octanol–water partition coefficient (Wildman–Crippen LogP) is 0.350. The SMILES string of the molecule is CC[NH+](CC)CCNC(=O)c1ccc(OC)cc1. The van der Waals surface area contributed by atoms with Crippen LogP contribution in [0.3, 0.4) is 0 Å². The van der Waals surface area contributed by atoms with Gasteiger partial charge in [-0.2, -0.15) is 0 Å². The average Bonchev–Trinajstić information content (AvgIpc) is 2.43. The summed E-state index contributed by atoms with van der Waals surface area (Å²) in [6, 6.07) is 7.14. The van der Waals surface area contributed by atoms with E-state index in [4.69, 9.17) is 4.74 Å². The maximum Gasteiger partial charge on any atom is 0.251 e. The van der Waals surface area contributed by atoms with E-state index in [1.54, 1.807) is 31.4 Å². The van der Waals surface area contributed by atoms with Gasteiger partial charge < -0.3 is 15.0 Å². The number of ether oxygens (including phenoxy) is 1. The highest BCUT2D eigenvalue weighted by Crippen LogP contribution is 2.10. The average molecular weight is 251 g/mol. The molecule has 0 fully saturated rings. The number of rotatable bonds is 7. The van der Waals surface area contributed by atoms with Crippen LogP contribution in [0.2, 0.25) is 0 Å². The number of carbonyl (C=O) groups excluding carboxylic acids is 1. The van der Waals surface area contributed by atoms with E-state index in [1.807, 2.05) is 0 Å². The van der Waals surface area contributed by atoms with E-state index in [0.29, 0.717) is 12.1 Å². The van der Waals surface area contributed by atoms with E-state index < -0.39 is 0 Å². The van der Waals surface area contributed by atoms with Crippen molar-refractivity contribution in [2.24, 2.45) is 0 Å². The first-order valence-electron chi connectivity index (χ1n) is 6.47. The van der Waals surface area contributed by atoms with Crippen LogP contribution in [-0.2, 0) is 0 Å². The van der Waals surface area contributed by atoms with Gasteiger partial charge in [-0.1, -0.05) is 0 Å². The molecule has 0 aliphatic carbocycles. The molecule has 1 amide bonds. The molecule has 0 heterocycles.